The van der Waals surface area contributed by atoms with Crippen LogP contribution in [0.4, 0.5) is 4.39 Å². The van der Waals surface area contributed by atoms with Gasteiger partial charge in [-0.05, 0) is 84.5 Å². The monoisotopic (exact) mass is 378 g/mol. The molecule has 0 N–H and O–H groups in total. The van der Waals surface area contributed by atoms with Crippen molar-refractivity contribution in [1.82, 2.24) is 0 Å². The highest BCUT2D eigenvalue weighted by atomic mass is 19.1. The van der Waals surface area contributed by atoms with Gasteiger partial charge in [-0.3, -0.25) is 4.39 Å². The van der Waals surface area contributed by atoms with E-state index < -0.39 is 0 Å². The standard InChI is InChI=1S/C27H35F/c1-20-2-6-22(7-3-20)24-10-14-26(15-11-24)27-16-12-25(13-17-27)23-8-4-21(5-9-23)18-19-28/h4-5,8-9,12-13,16-17,20,22,24,26H,2-3,6-7,10-11,14-15,18-19H2,1H3/t20-,22-,24?,26?. The Morgan fingerprint density at radius 1 is 0.679 bits per heavy atom. The van der Waals surface area contributed by atoms with E-state index in [1.807, 2.05) is 0 Å². The van der Waals surface area contributed by atoms with E-state index in [0.717, 1.165) is 29.2 Å². The summed E-state index contributed by atoms with van der Waals surface area (Å²) in [5.41, 5.74) is 5.09. The summed E-state index contributed by atoms with van der Waals surface area (Å²) >= 11 is 0. The Bertz CT molecular complexity index is 714. The summed E-state index contributed by atoms with van der Waals surface area (Å²) in [7, 11) is 0. The summed E-state index contributed by atoms with van der Waals surface area (Å²) in [6, 6.07) is 17.6. The molecule has 2 fully saturated rings. The minimum Gasteiger partial charge on any atom is -0.251 e. The van der Waals surface area contributed by atoms with Crippen molar-refractivity contribution in [1.29, 1.82) is 0 Å². The largest absolute Gasteiger partial charge is 0.251 e. The molecule has 2 aromatic carbocycles. The molecule has 0 heterocycles. The van der Waals surface area contributed by atoms with Gasteiger partial charge in [0.15, 0.2) is 0 Å². The van der Waals surface area contributed by atoms with Gasteiger partial charge in [0.2, 0.25) is 0 Å². The highest BCUT2D eigenvalue weighted by molar-refractivity contribution is 5.64. The van der Waals surface area contributed by atoms with E-state index in [4.69, 9.17) is 0 Å². The molecular weight excluding hydrogens is 343 g/mol. The van der Waals surface area contributed by atoms with Crippen molar-refractivity contribution in [2.45, 2.75) is 70.6 Å². The normalized spacial score (nSPS) is 28.2. The zero-order valence-electron chi connectivity index (χ0n) is 17.4. The molecule has 2 aliphatic carbocycles. The number of rotatable bonds is 5. The van der Waals surface area contributed by atoms with Crippen LogP contribution in [-0.4, -0.2) is 6.67 Å². The van der Waals surface area contributed by atoms with Crippen molar-refractivity contribution in [2.24, 2.45) is 17.8 Å². The molecule has 0 atom stereocenters. The van der Waals surface area contributed by atoms with E-state index in [1.54, 1.807) is 0 Å². The summed E-state index contributed by atoms with van der Waals surface area (Å²) in [4.78, 5) is 0. The number of aryl methyl sites for hydroxylation is 1. The third-order valence-corrected chi connectivity index (χ3v) is 7.55. The van der Waals surface area contributed by atoms with Crippen molar-refractivity contribution in [2.75, 3.05) is 6.67 Å². The van der Waals surface area contributed by atoms with Crippen molar-refractivity contribution < 1.29 is 4.39 Å². The van der Waals surface area contributed by atoms with E-state index in [9.17, 15) is 4.39 Å². The van der Waals surface area contributed by atoms with Crippen molar-refractivity contribution in [3.8, 4) is 11.1 Å². The van der Waals surface area contributed by atoms with Gasteiger partial charge in [0, 0.05) is 6.42 Å². The van der Waals surface area contributed by atoms with Gasteiger partial charge in [0.05, 0.1) is 6.67 Å². The molecule has 0 saturated heterocycles. The minimum absolute atomic E-state index is 0.282. The molecule has 0 aromatic heterocycles. The lowest BCUT2D eigenvalue weighted by Gasteiger charge is -2.37. The van der Waals surface area contributed by atoms with E-state index in [-0.39, 0.29) is 6.67 Å². The Balaban J connectivity index is 1.33. The topological polar surface area (TPSA) is 0 Å². The predicted molar refractivity (Wildman–Crippen MR) is 117 cm³/mol. The summed E-state index contributed by atoms with van der Waals surface area (Å²) in [5, 5.41) is 0. The minimum atomic E-state index is -0.282. The molecule has 2 aromatic rings. The molecule has 2 saturated carbocycles. The average molecular weight is 379 g/mol. The maximum Gasteiger partial charge on any atom is 0.0934 e. The summed E-state index contributed by atoms with van der Waals surface area (Å²) in [5.74, 6) is 3.72. The second kappa shape index (κ2) is 9.25. The van der Waals surface area contributed by atoms with Gasteiger partial charge >= 0.3 is 0 Å². The maximum absolute atomic E-state index is 12.5. The van der Waals surface area contributed by atoms with Crippen LogP contribution < -0.4 is 0 Å². The Hall–Kier alpha value is -1.63. The molecule has 0 aliphatic heterocycles. The molecule has 0 spiro atoms. The van der Waals surface area contributed by atoms with Gasteiger partial charge < -0.3 is 0 Å². The quantitative estimate of drug-likeness (QED) is 0.495. The van der Waals surface area contributed by atoms with Gasteiger partial charge in [-0.2, -0.15) is 0 Å². The maximum atomic E-state index is 12.5. The molecule has 28 heavy (non-hydrogen) atoms. The fourth-order valence-electron chi connectivity index (χ4n) is 5.60. The van der Waals surface area contributed by atoms with E-state index in [2.05, 4.69) is 55.5 Å². The first kappa shape index (κ1) is 19.7. The fourth-order valence-corrected chi connectivity index (χ4v) is 5.60. The van der Waals surface area contributed by atoms with Gasteiger partial charge in [0.25, 0.3) is 0 Å². The van der Waals surface area contributed by atoms with Crippen molar-refractivity contribution in [3.63, 3.8) is 0 Å². The van der Waals surface area contributed by atoms with Crippen molar-refractivity contribution >= 4 is 0 Å². The molecule has 0 bridgehead atoms. The highest BCUT2D eigenvalue weighted by Gasteiger charge is 2.30. The number of halogens is 1. The van der Waals surface area contributed by atoms with E-state index >= 15 is 0 Å². The molecule has 1 heteroatoms. The first-order valence-corrected chi connectivity index (χ1v) is 11.5. The Labute approximate surface area is 170 Å². The van der Waals surface area contributed by atoms with Crippen LogP contribution in [0.1, 0.15) is 75.3 Å². The molecule has 0 nitrogen and oxygen atoms in total. The fraction of sp³-hybridized carbons (Fsp3) is 0.556. The second-order valence-corrected chi connectivity index (χ2v) is 9.39. The van der Waals surface area contributed by atoms with Crippen LogP contribution in [0.25, 0.3) is 11.1 Å². The number of alkyl halides is 1. The SMILES string of the molecule is C[C@H]1CC[C@H](C2CCC(c3ccc(-c4ccc(CCF)cc4)cc3)CC2)CC1. The number of hydrogen-bond acceptors (Lipinski definition) is 0. The lowest BCUT2D eigenvalue weighted by molar-refractivity contribution is 0.165. The van der Waals surface area contributed by atoms with Crippen LogP contribution in [0.2, 0.25) is 0 Å². The second-order valence-electron chi connectivity index (χ2n) is 9.39. The van der Waals surface area contributed by atoms with Gasteiger partial charge in [-0.1, -0.05) is 68.3 Å². The molecule has 0 unspecified atom stereocenters. The van der Waals surface area contributed by atoms with Crippen molar-refractivity contribution in [3.05, 3.63) is 59.7 Å². The highest BCUT2D eigenvalue weighted by Crippen LogP contribution is 2.44. The van der Waals surface area contributed by atoms with E-state index in [0.29, 0.717) is 6.42 Å². The zero-order valence-corrected chi connectivity index (χ0v) is 17.4. The molecule has 0 radical (unpaired) electrons. The third-order valence-electron chi connectivity index (χ3n) is 7.55. The molecule has 0 amide bonds. The Kier molecular flexibility index (Phi) is 6.50. The Morgan fingerprint density at radius 3 is 1.71 bits per heavy atom. The predicted octanol–water partition coefficient (Wildman–Crippen LogP) is 7.97. The molecular formula is C27H35F. The zero-order chi connectivity index (χ0) is 19.3. The number of hydrogen-bond donors (Lipinski definition) is 0. The van der Waals surface area contributed by atoms with Gasteiger partial charge in [-0.25, -0.2) is 0 Å². The lowest BCUT2D eigenvalue weighted by atomic mass is 9.68. The Morgan fingerprint density at radius 2 is 1.18 bits per heavy atom. The van der Waals surface area contributed by atoms with E-state index in [1.165, 1.54) is 68.1 Å². The van der Waals surface area contributed by atoms with Gasteiger partial charge in [-0.15, -0.1) is 0 Å². The lowest BCUT2D eigenvalue weighted by Crippen LogP contribution is -2.24. The molecule has 4 rings (SSSR count). The van der Waals surface area contributed by atoms with Crippen LogP contribution in [0.3, 0.4) is 0 Å². The van der Waals surface area contributed by atoms with Crippen LogP contribution in [-0.2, 0) is 6.42 Å². The van der Waals surface area contributed by atoms with Crippen LogP contribution in [0, 0.1) is 17.8 Å². The molecule has 150 valence electrons. The summed E-state index contributed by atoms with van der Waals surface area (Å²) in [6.07, 6.45) is 12.0. The van der Waals surface area contributed by atoms with Crippen LogP contribution in [0.15, 0.2) is 48.5 Å². The smallest absolute Gasteiger partial charge is 0.0934 e. The molecule has 2 aliphatic rings. The van der Waals surface area contributed by atoms with Gasteiger partial charge in [0.1, 0.15) is 0 Å². The average Bonchev–Trinajstić information content (AvgIpc) is 2.75. The van der Waals surface area contributed by atoms with Crippen LogP contribution >= 0.6 is 0 Å². The third kappa shape index (κ3) is 4.67. The first-order chi connectivity index (χ1) is 13.7. The van der Waals surface area contributed by atoms with Crippen LogP contribution in [0.5, 0.6) is 0 Å². The summed E-state index contributed by atoms with van der Waals surface area (Å²) < 4.78 is 12.5. The number of benzene rings is 2. The first-order valence-electron chi connectivity index (χ1n) is 11.5. The summed E-state index contributed by atoms with van der Waals surface area (Å²) in [6.45, 7) is 2.14.